The molecule has 106 valence electrons. The molecule has 0 radical (unpaired) electrons. The van der Waals surface area contributed by atoms with Gasteiger partial charge >= 0.3 is 0 Å². The molecule has 0 aromatic carbocycles. The molecule has 0 spiro atoms. The highest BCUT2D eigenvalue weighted by Crippen LogP contribution is 2.40. The Hall–Kier alpha value is -1.16. The Labute approximate surface area is 114 Å². The van der Waals surface area contributed by atoms with E-state index in [2.05, 4.69) is 23.8 Å². The second-order valence-electron chi connectivity index (χ2n) is 5.74. The number of methoxy groups -OCH3 is 1. The second-order valence-corrected chi connectivity index (χ2v) is 5.74. The van der Waals surface area contributed by atoms with Gasteiger partial charge in [0.1, 0.15) is 11.4 Å². The van der Waals surface area contributed by atoms with Gasteiger partial charge in [-0.2, -0.15) is 0 Å². The van der Waals surface area contributed by atoms with Gasteiger partial charge in [0.2, 0.25) is 0 Å². The Kier molecular flexibility index (Phi) is 4.40. The van der Waals surface area contributed by atoms with Crippen LogP contribution < -0.4 is 5.56 Å². The third-order valence-electron chi connectivity index (χ3n) is 4.08. The van der Waals surface area contributed by atoms with Crippen molar-refractivity contribution in [3.8, 4) is 0 Å². The summed E-state index contributed by atoms with van der Waals surface area (Å²) in [6.45, 7) is 4.33. The number of aromatic nitrogens is 2. The summed E-state index contributed by atoms with van der Waals surface area (Å²) in [6, 6.07) is 1.60. The zero-order valence-corrected chi connectivity index (χ0v) is 12.2. The monoisotopic (exact) mass is 264 g/mol. The molecule has 0 aliphatic heterocycles. The molecule has 2 rings (SSSR count). The summed E-state index contributed by atoms with van der Waals surface area (Å²) in [4.78, 5) is 19.4. The maximum absolute atomic E-state index is 11.8. The van der Waals surface area contributed by atoms with Gasteiger partial charge in [-0.3, -0.25) is 4.79 Å². The van der Waals surface area contributed by atoms with Crippen molar-refractivity contribution < 1.29 is 4.74 Å². The quantitative estimate of drug-likeness (QED) is 0.909. The molecule has 1 aliphatic carbocycles. The first-order valence-electron chi connectivity index (χ1n) is 7.25. The van der Waals surface area contributed by atoms with Crippen molar-refractivity contribution in [1.82, 2.24) is 9.97 Å². The maximum atomic E-state index is 11.8. The van der Waals surface area contributed by atoms with Crippen LogP contribution in [0.5, 0.6) is 0 Å². The highest BCUT2D eigenvalue weighted by atomic mass is 16.5. The number of hydrogen-bond acceptors (Lipinski definition) is 3. The van der Waals surface area contributed by atoms with Crippen LogP contribution in [-0.2, 0) is 16.8 Å². The molecule has 0 bridgehead atoms. The molecule has 0 amide bonds. The fraction of sp³-hybridized carbons (Fsp3) is 0.733. The van der Waals surface area contributed by atoms with Gasteiger partial charge in [-0.05, 0) is 31.6 Å². The zero-order chi connectivity index (χ0) is 13.9. The number of aromatic amines is 1. The fourth-order valence-electron chi connectivity index (χ4n) is 3.11. The summed E-state index contributed by atoms with van der Waals surface area (Å²) in [5.74, 6) is 1.33. The third kappa shape index (κ3) is 3.06. The summed E-state index contributed by atoms with van der Waals surface area (Å²) < 4.78 is 5.79. The summed E-state index contributed by atoms with van der Waals surface area (Å²) in [6.07, 6.45) is 6.05. The van der Waals surface area contributed by atoms with Gasteiger partial charge in [-0.15, -0.1) is 0 Å². The lowest BCUT2D eigenvalue weighted by Gasteiger charge is -2.37. The maximum Gasteiger partial charge on any atom is 0.251 e. The van der Waals surface area contributed by atoms with Gasteiger partial charge in [-0.25, -0.2) is 4.98 Å². The van der Waals surface area contributed by atoms with Gasteiger partial charge in [0, 0.05) is 18.9 Å². The molecule has 2 unspecified atom stereocenters. The Balaban J connectivity index is 2.39. The van der Waals surface area contributed by atoms with E-state index in [1.807, 2.05) is 0 Å². The van der Waals surface area contributed by atoms with Crippen molar-refractivity contribution in [3.63, 3.8) is 0 Å². The van der Waals surface area contributed by atoms with Crippen molar-refractivity contribution in [2.45, 2.75) is 58.0 Å². The first-order valence-corrected chi connectivity index (χ1v) is 7.25. The molecular formula is C15H24N2O2. The largest absolute Gasteiger partial charge is 0.370 e. The summed E-state index contributed by atoms with van der Waals surface area (Å²) in [7, 11) is 1.73. The minimum Gasteiger partial charge on any atom is -0.370 e. The standard InChI is InChI=1S/C15H24N2O2/c1-4-6-12-9-13(18)17-14(16-12)15(19-3)8-5-7-11(2)10-15/h9,11H,4-8,10H2,1-3H3,(H,16,17,18). The second kappa shape index (κ2) is 5.87. The predicted octanol–water partition coefficient (Wildman–Crippen LogP) is 2.77. The van der Waals surface area contributed by atoms with Crippen LogP contribution >= 0.6 is 0 Å². The molecule has 1 N–H and O–H groups in total. The Morgan fingerprint density at radius 2 is 2.37 bits per heavy atom. The van der Waals surface area contributed by atoms with Crippen molar-refractivity contribution in [2.75, 3.05) is 7.11 Å². The summed E-state index contributed by atoms with van der Waals surface area (Å²) in [5, 5.41) is 0. The molecule has 1 aromatic rings. The van der Waals surface area contributed by atoms with Crippen molar-refractivity contribution in [2.24, 2.45) is 5.92 Å². The first kappa shape index (κ1) is 14.3. The van der Waals surface area contributed by atoms with Crippen LogP contribution in [0.3, 0.4) is 0 Å². The Morgan fingerprint density at radius 3 is 3.00 bits per heavy atom. The molecule has 2 atom stereocenters. The number of hydrogen-bond donors (Lipinski definition) is 1. The lowest BCUT2D eigenvalue weighted by molar-refractivity contribution is -0.0649. The predicted molar refractivity (Wildman–Crippen MR) is 75.2 cm³/mol. The van der Waals surface area contributed by atoms with Crippen LogP contribution in [-0.4, -0.2) is 17.1 Å². The Morgan fingerprint density at radius 1 is 1.58 bits per heavy atom. The van der Waals surface area contributed by atoms with E-state index >= 15 is 0 Å². The molecule has 1 heterocycles. The molecule has 1 fully saturated rings. The van der Waals surface area contributed by atoms with Crippen molar-refractivity contribution >= 4 is 0 Å². The van der Waals surface area contributed by atoms with E-state index in [0.29, 0.717) is 5.92 Å². The van der Waals surface area contributed by atoms with Crippen LogP contribution in [0.25, 0.3) is 0 Å². The first-order chi connectivity index (χ1) is 9.09. The smallest absolute Gasteiger partial charge is 0.251 e. The van der Waals surface area contributed by atoms with Crippen molar-refractivity contribution in [1.29, 1.82) is 0 Å². The van der Waals surface area contributed by atoms with Crippen LogP contribution in [0.4, 0.5) is 0 Å². The highest BCUT2D eigenvalue weighted by molar-refractivity contribution is 5.10. The van der Waals surface area contributed by atoms with E-state index < -0.39 is 5.60 Å². The molecule has 1 aromatic heterocycles. The van der Waals surface area contributed by atoms with Gasteiger partial charge in [0.05, 0.1) is 0 Å². The van der Waals surface area contributed by atoms with Crippen LogP contribution in [0.2, 0.25) is 0 Å². The van der Waals surface area contributed by atoms with E-state index in [1.54, 1.807) is 13.2 Å². The van der Waals surface area contributed by atoms with E-state index in [0.717, 1.165) is 43.6 Å². The van der Waals surface area contributed by atoms with E-state index in [4.69, 9.17) is 4.74 Å². The molecule has 19 heavy (non-hydrogen) atoms. The number of aryl methyl sites for hydroxylation is 1. The van der Waals surface area contributed by atoms with E-state index in [1.165, 1.54) is 6.42 Å². The number of rotatable bonds is 4. The van der Waals surface area contributed by atoms with Crippen LogP contribution in [0.15, 0.2) is 10.9 Å². The zero-order valence-electron chi connectivity index (χ0n) is 12.2. The molecule has 1 aliphatic rings. The third-order valence-corrected chi connectivity index (χ3v) is 4.08. The molecule has 4 heteroatoms. The number of H-pyrrole nitrogens is 1. The normalized spacial score (nSPS) is 27.4. The summed E-state index contributed by atoms with van der Waals surface area (Å²) >= 11 is 0. The number of nitrogens with one attached hydrogen (secondary N) is 1. The molecular weight excluding hydrogens is 240 g/mol. The average molecular weight is 264 g/mol. The summed E-state index contributed by atoms with van der Waals surface area (Å²) in [5.41, 5.74) is 0.402. The van der Waals surface area contributed by atoms with Crippen molar-refractivity contribution in [3.05, 3.63) is 27.9 Å². The SMILES string of the molecule is CCCc1cc(=O)[nH]c(C2(OC)CCCC(C)C2)n1. The molecule has 1 saturated carbocycles. The minimum atomic E-state index is -0.402. The lowest BCUT2D eigenvalue weighted by atomic mass is 9.78. The highest BCUT2D eigenvalue weighted by Gasteiger charge is 2.39. The number of ether oxygens (including phenoxy) is 1. The van der Waals surface area contributed by atoms with Gasteiger partial charge in [0.25, 0.3) is 5.56 Å². The van der Waals surface area contributed by atoms with E-state index in [-0.39, 0.29) is 5.56 Å². The fourth-order valence-corrected chi connectivity index (χ4v) is 3.11. The van der Waals surface area contributed by atoms with Crippen LogP contribution in [0.1, 0.15) is 57.5 Å². The van der Waals surface area contributed by atoms with E-state index in [9.17, 15) is 4.79 Å². The van der Waals surface area contributed by atoms with Crippen LogP contribution in [0, 0.1) is 5.92 Å². The molecule has 4 nitrogen and oxygen atoms in total. The van der Waals surface area contributed by atoms with Gasteiger partial charge < -0.3 is 9.72 Å². The lowest BCUT2D eigenvalue weighted by Crippen LogP contribution is -2.37. The minimum absolute atomic E-state index is 0.0666. The molecule has 0 saturated heterocycles. The Bertz CT molecular complexity index is 483. The number of nitrogens with zero attached hydrogens (tertiary/aromatic N) is 1. The van der Waals surface area contributed by atoms with Gasteiger partial charge in [0.15, 0.2) is 0 Å². The topological polar surface area (TPSA) is 55.0 Å². The average Bonchev–Trinajstić information content (AvgIpc) is 2.38. The van der Waals surface area contributed by atoms with Gasteiger partial charge in [-0.1, -0.05) is 26.7 Å².